The molecule has 0 amide bonds. The van der Waals surface area contributed by atoms with Crippen LogP contribution >= 0.6 is 0 Å². The van der Waals surface area contributed by atoms with Gasteiger partial charge in [0.15, 0.2) is 11.5 Å². The number of rotatable bonds is 0. The van der Waals surface area contributed by atoms with Gasteiger partial charge in [0.1, 0.15) is 0 Å². The van der Waals surface area contributed by atoms with Crippen LogP contribution in [0.2, 0.25) is 0 Å². The zero-order valence-electron chi connectivity index (χ0n) is 12.3. The van der Waals surface area contributed by atoms with Crippen LogP contribution < -0.4 is 9.47 Å². The minimum absolute atomic E-state index is 0.360. The van der Waals surface area contributed by atoms with Crippen molar-refractivity contribution in [3.8, 4) is 11.5 Å². The second kappa shape index (κ2) is 5.88. The Morgan fingerprint density at radius 1 is 0.762 bits per heavy atom. The lowest BCUT2D eigenvalue weighted by atomic mass is 10.1. The fraction of sp³-hybridized carbons (Fsp3) is 0.158. The molecule has 1 heterocycles. The molecule has 0 bridgehead atoms. The summed E-state index contributed by atoms with van der Waals surface area (Å²) in [5.41, 5.74) is 2.55. The highest BCUT2D eigenvalue weighted by atomic mass is 16.7. The van der Waals surface area contributed by atoms with Gasteiger partial charge in [-0.2, -0.15) is 0 Å². The SMILES string of the molecule is Cc1ccc2c(c1)OCO2.Cc1cccc2ccccc12. The van der Waals surface area contributed by atoms with Crippen LogP contribution in [0.3, 0.4) is 0 Å². The Labute approximate surface area is 124 Å². The number of ether oxygens (including phenoxy) is 2. The Kier molecular flexibility index (Phi) is 3.78. The van der Waals surface area contributed by atoms with Crippen LogP contribution in [0.4, 0.5) is 0 Å². The lowest BCUT2D eigenvalue weighted by molar-refractivity contribution is 0.174. The lowest BCUT2D eigenvalue weighted by Crippen LogP contribution is -1.92. The van der Waals surface area contributed by atoms with Crippen LogP contribution in [0, 0.1) is 13.8 Å². The van der Waals surface area contributed by atoms with E-state index in [1.165, 1.54) is 21.9 Å². The maximum atomic E-state index is 5.16. The summed E-state index contributed by atoms with van der Waals surface area (Å²) in [7, 11) is 0. The molecule has 21 heavy (non-hydrogen) atoms. The van der Waals surface area contributed by atoms with Crippen molar-refractivity contribution >= 4 is 10.8 Å². The molecule has 0 spiro atoms. The zero-order valence-corrected chi connectivity index (χ0v) is 12.3. The second-order valence-electron chi connectivity index (χ2n) is 5.15. The molecule has 106 valence electrons. The van der Waals surface area contributed by atoms with Crippen molar-refractivity contribution in [1.29, 1.82) is 0 Å². The van der Waals surface area contributed by atoms with Crippen LogP contribution in [-0.2, 0) is 0 Å². The molecule has 4 rings (SSSR count). The highest BCUT2D eigenvalue weighted by Crippen LogP contribution is 2.31. The highest BCUT2D eigenvalue weighted by molar-refractivity contribution is 5.85. The maximum absolute atomic E-state index is 5.16. The summed E-state index contributed by atoms with van der Waals surface area (Å²) in [5, 5.41) is 2.68. The minimum atomic E-state index is 0.360. The van der Waals surface area contributed by atoms with E-state index in [9.17, 15) is 0 Å². The molecule has 0 saturated carbocycles. The molecule has 0 N–H and O–H groups in total. The van der Waals surface area contributed by atoms with Gasteiger partial charge in [0, 0.05) is 0 Å². The van der Waals surface area contributed by atoms with Gasteiger partial charge < -0.3 is 9.47 Å². The molecule has 0 aromatic heterocycles. The van der Waals surface area contributed by atoms with Crippen molar-refractivity contribution in [2.24, 2.45) is 0 Å². The molecule has 0 unspecified atom stereocenters. The Bertz CT molecular complexity index is 757. The second-order valence-corrected chi connectivity index (χ2v) is 5.15. The molecule has 3 aromatic rings. The topological polar surface area (TPSA) is 18.5 Å². The van der Waals surface area contributed by atoms with E-state index >= 15 is 0 Å². The Balaban J connectivity index is 0.000000126. The normalized spacial score (nSPS) is 11.9. The molecule has 2 heteroatoms. The van der Waals surface area contributed by atoms with E-state index in [1.54, 1.807) is 0 Å². The van der Waals surface area contributed by atoms with Crippen LogP contribution in [0.5, 0.6) is 11.5 Å². The summed E-state index contributed by atoms with van der Waals surface area (Å²) in [6.45, 7) is 4.53. The van der Waals surface area contributed by atoms with Gasteiger partial charge in [0.25, 0.3) is 0 Å². The molecule has 0 fully saturated rings. The summed E-state index contributed by atoms with van der Waals surface area (Å²) >= 11 is 0. The number of fused-ring (bicyclic) bond motifs is 2. The van der Waals surface area contributed by atoms with Gasteiger partial charge in [-0.25, -0.2) is 0 Å². The molecule has 1 aliphatic rings. The van der Waals surface area contributed by atoms with E-state index in [-0.39, 0.29) is 0 Å². The van der Waals surface area contributed by atoms with Crippen LogP contribution in [-0.4, -0.2) is 6.79 Å². The first-order valence-corrected chi connectivity index (χ1v) is 7.04. The quantitative estimate of drug-likeness (QED) is 0.584. The van der Waals surface area contributed by atoms with E-state index in [1.807, 2.05) is 25.1 Å². The number of benzene rings is 3. The smallest absolute Gasteiger partial charge is 0.231 e. The van der Waals surface area contributed by atoms with Crippen molar-refractivity contribution in [2.45, 2.75) is 13.8 Å². The summed E-state index contributed by atoms with van der Waals surface area (Å²) < 4.78 is 10.3. The van der Waals surface area contributed by atoms with E-state index < -0.39 is 0 Å². The summed E-state index contributed by atoms with van der Waals surface area (Å²) in [5.74, 6) is 1.71. The first kappa shape index (κ1) is 13.5. The maximum Gasteiger partial charge on any atom is 0.231 e. The third-order valence-corrected chi connectivity index (χ3v) is 3.54. The average molecular weight is 278 g/mol. The van der Waals surface area contributed by atoms with Gasteiger partial charge in [-0.05, 0) is 47.9 Å². The molecular formula is C19H18O2. The van der Waals surface area contributed by atoms with Gasteiger partial charge in [-0.1, -0.05) is 48.5 Å². The third kappa shape index (κ3) is 3.00. The summed E-state index contributed by atoms with van der Waals surface area (Å²) in [4.78, 5) is 0. The molecule has 1 aliphatic heterocycles. The van der Waals surface area contributed by atoms with Crippen molar-refractivity contribution in [3.63, 3.8) is 0 Å². The van der Waals surface area contributed by atoms with E-state index in [0.717, 1.165) is 11.5 Å². The van der Waals surface area contributed by atoms with Gasteiger partial charge in [-0.15, -0.1) is 0 Å². The molecule has 0 aliphatic carbocycles. The molecule has 0 atom stereocenters. The number of hydrogen-bond donors (Lipinski definition) is 0. The molecule has 0 saturated heterocycles. The van der Waals surface area contributed by atoms with Crippen molar-refractivity contribution in [3.05, 3.63) is 71.8 Å². The van der Waals surface area contributed by atoms with Crippen molar-refractivity contribution in [2.75, 3.05) is 6.79 Å². The van der Waals surface area contributed by atoms with E-state index in [0.29, 0.717) is 6.79 Å². The fourth-order valence-electron chi connectivity index (χ4n) is 2.39. The first-order chi connectivity index (χ1) is 10.2. The molecule has 2 nitrogen and oxygen atoms in total. The van der Waals surface area contributed by atoms with Crippen molar-refractivity contribution < 1.29 is 9.47 Å². The fourth-order valence-corrected chi connectivity index (χ4v) is 2.39. The van der Waals surface area contributed by atoms with Crippen LogP contribution in [0.1, 0.15) is 11.1 Å². The van der Waals surface area contributed by atoms with E-state index in [2.05, 4.69) is 49.4 Å². The highest BCUT2D eigenvalue weighted by Gasteiger charge is 2.11. The van der Waals surface area contributed by atoms with Gasteiger partial charge >= 0.3 is 0 Å². The Morgan fingerprint density at radius 3 is 2.38 bits per heavy atom. The molecular weight excluding hydrogens is 260 g/mol. The van der Waals surface area contributed by atoms with Crippen LogP contribution in [0.15, 0.2) is 60.7 Å². The van der Waals surface area contributed by atoms with Crippen LogP contribution in [0.25, 0.3) is 10.8 Å². The number of hydrogen-bond acceptors (Lipinski definition) is 2. The third-order valence-electron chi connectivity index (χ3n) is 3.54. The molecule has 0 radical (unpaired) electrons. The molecule has 3 aromatic carbocycles. The van der Waals surface area contributed by atoms with Gasteiger partial charge in [0.2, 0.25) is 6.79 Å². The predicted octanol–water partition coefficient (Wildman–Crippen LogP) is 4.87. The average Bonchev–Trinajstić information content (AvgIpc) is 2.96. The zero-order chi connectivity index (χ0) is 14.7. The summed E-state index contributed by atoms with van der Waals surface area (Å²) in [6.07, 6.45) is 0. The largest absolute Gasteiger partial charge is 0.454 e. The monoisotopic (exact) mass is 278 g/mol. The summed E-state index contributed by atoms with van der Waals surface area (Å²) in [6, 6.07) is 20.7. The first-order valence-electron chi connectivity index (χ1n) is 7.04. The Hall–Kier alpha value is -2.48. The van der Waals surface area contributed by atoms with Gasteiger partial charge in [0.05, 0.1) is 0 Å². The lowest BCUT2D eigenvalue weighted by Gasteiger charge is -1.98. The number of aryl methyl sites for hydroxylation is 2. The standard InChI is InChI=1S/C11H10.C8H8O2/c1-9-5-4-7-10-6-2-3-8-11(9)10;1-6-2-3-7-8(4-6)10-5-9-7/h2-8H,1H3;2-4H,5H2,1H3. The Morgan fingerprint density at radius 2 is 1.52 bits per heavy atom. The minimum Gasteiger partial charge on any atom is -0.454 e. The van der Waals surface area contributed by atoms with E-state index in [4.69, 9.17) is 9.47 Å². The van der Waals surface area contributed by atoms with Gasteiger partial charge in [-0.3, -0.25) is 0 Å². The van der Waals surface area contributed by atoms with Crippen molar-refractivity contribution in [1.82, 2.24) is 0 Å². The predicted molar refractivity (Wildman–Crippen MR) is 86.0 cm³/mol.